The average molecular weight is 646 g/mol. The molecule has 0 aliphatic carbocycles. The van der Waals surface area contributed by atoms with Crippen LogP contribution < -0.4 is 15.4 Å². The lowest BCUT2D eigenvalue weighted by Gasteiger charge is -2.26. The fourth-order valence-electron chi connectivity index (χ4n) is 4.10. The van der Waals surface area contributed by atoms with E-state index in [9.17, 15) is 39.1 Å². The molecule has 3 unspecified atom stereocenters. The van der Waals surface area contributed by atoms with Gasteiger partial charge in [-0.15, -0.1) is 0 Å². The number of nitro groups is 1. The SMILES string of the molecule is COC(=O)C(CCP(=O)(O)C(NC(=O)OCc1ccccc1)c1cc(OC)c(O)c([N+](=O)[O-])c1)NC(=O)OCc1ccccc1. The maximum atomic E-state index is 13.8. The lowest BCUT2D eigenvalue weighted by molar-refractivity contribution is -0.386. The maximum Gasteiger partial charge on any atom is 0.408 e. The molecule has 0 spiro atoms. The maximum absolute atomic E-state index is 13.8. The van der Waals surface area contributed by atoms with Gasteiger partial charge in [0, 0.05) is 12.2 Å². The number of benzene rings is 3. The van der Waals surface area contributed by atoms with Crippen molar-refractivity contribution in [1.82, 2.24) is 10.6 Å². The number of carbonyl (C=O) groups is 3. The first-order chi connectivity index (χ1) is 21.4. The Balaban J connectivity index is 1.84. The molecule has 16 heteroatoms. The van der Waals surface area contributed by atoms with E-state index >= 15 is 0 Å². The van der Waals surface area contributed by atoms with Gasteiger partial charge < -0.3 is 39.6 Å². The summed E-state index contributed by atoms with van der Waals surface area (Å²) in [7, 11) is -2.48. The van der Waals surface area contributed by atoms with Crippen LogP contribution in [0.3, 0.4) is 0 Å². The quantitative estimate of drug-likeness (QED) is 0.0633. The molecule has 3 aromatic carbocycles. The Morgan fingerprint density at radius 2 is 1.44 bits per heavy atom. The number of alkyl carbamates (subject to hydrolysis) is 2. The zero-order valence-corrected chi connectivity index (χ0v) is 25.2. The van der Waals surface area contributed by atoms with Gasteiger partial charge in [0.15, 0.2) is 5.75 Å². The van der Waals surface area contributed by atoms with Crippen LogP contribution in [-0.2, 0) is 36.8 Å². The van der Waals surface area contributed by atoms with Crippen LogP contribution >= 0.6 is 7.37 Å². The number of phenols is 1. The number of aromatic hydroxyl groups is 1. The lowest BCUT2D eigenvalue weighted by atomic mass is 10.1. The molecule has 2 amide bonds. The molecule has 0 aliphatic rings. The van der Waals surface area contributed by atoms with Gasteiger partial charge in [0.2, 0.25) is 13.1 Å². The Hall–Kier alpha value is -5.14. The van der Waals surface area contributed by atoms with Crippen LogP contribution in [0, 0.1) is 10.1 Å². The number of ether oxygens (including phenoxy) is 4. The van der Waals surface area contributed by atoms with Gasteiger partial charge >= 0.3 is 23.8 Å². The van der Waals surface area contributed by atoms with Gasteiger partial charge in [0.05, 0.1) is 19.1 Å². The summed E-state index contributed by atoms with van der Waals surface area (Å²) in [6, 6.07) is 17.7. The van der Waals surface area contributed by atoms with Gasteiger partial charge in [-0.05, 0) is 29.2 Å². The molecular weight excluding hydrogens is 613 g/mol. The molecule has 240 valence electrons. The molecule has 4 N–H and O–H groups in total. The molecule has 0 bridgehead atoms. The average Bonchev–Trinajstić information content (AvgIpc) is 3.04. The molecule has 0 aliphatic heterocycles. The van der Waals surface area contributed by atoms with Crippen molar-refractivity contribution in [2.45, 2.75) is 31.5 Å². The summed E-state index contributed by atoms with van der Waals surface area (Å²) >= 11 is 0. The molecule has 0 radical (unpaired) electrons. The summed E-state index contributed by atoms with van der Waals surface area (Å²) in [6.45, 7) is -0.314. The number of nitro benzene ring substituents is 1. The van der Waals surface area contributed by atoms with Crippen LogP contribution in [0.1, 0.15) is 28.9 Å². The van der Waals surface area contributed by atoms with E-state index in [0.29, 0.717) is 11.1 Å². The summed E-state index contributed by atoms with van der Waals surface area (Å²) in [5.74, 6) is -4.02. The Morgan fingerprint density at radius 3 is 1.93 bits per heavy atom. The third-order valence-electron chi connectivity index (χ3n) is 6.41. The molecule has 0 saturated heterocycles. The van der Waals surface area contributed by atoms with Crippen molar-refractivity contribution in [2.75, 3.05) is 20.4 Å². The summed E-state index contributed by atoms with van der Waals surface area (Å²) in [5, 5.41) is 26.4. The minimum absolute atomic E-state index is 0.113. The topological polar surface area (TPSA) is 213 Å². The summed E-state index contributed by atoms with van der Waals surface area (Å²) in [5.41, 5.74) is 0.158. The van der Waals surface area contributed by atoms with Gasteiger partial charge in [-0.2, -0.15) is 0 Å². The first-order valence-electron chi connectivity index (χ1n) is 13.3. The van der Waals surface area contributed by atoms with Gasteiger partial charge in [0.25, 0.3) is 0 Å². The Morgan fingerprint density at radius 1 is 0.911 bits per heavy atom. The molecule has 0 saturated carbocycles. The Kier molecular flexibility index (Phi) is 12.3. The van der Waals surface area contributed by atoms with Crippen LogP contribution in [0.2, 0.25) is 0 Å². The highest BCUT2D eigenvalue weighted by Gasteiger charge is 2.38. The zero-order valence-electron chi connectivity index (χ0n) is 24.3. The highest BCUT2D eigenvalue weighted by Crippen LogP contribution is 2.56. The summed E-state index contributed by atoms with van der Waals surface area (Å²) in [4.78, 5) is 59.5. The van der Waals surface area contributed by atoms with Crippen molar-refractivity contribution in [3.63, 3.8) is 0 Å². The third kappa shape index (κ3) is 9.95. The van der Waals surface area contributed by atoms with Crippen LogP contribution in [0.5, 0.6) is 11.5 Å². The van der Waals surface area contributed by atoms with E-state index in [0.717, 1.165) is 26.4 Å². The normalized spacial score (nSPS) is 13.3. The number of hydrogen-bond donors (Lipinski definition) is 4. The Labute approximate surface area is 257 Å². The third-order valence-corrected chi connectivity index (χ3v) is 8.54. The predicted molar refractivity (Wildman–Crippen MR) is 159 cm³/mol. The number of methoxy groups -OCH3 is 2. The molecule has 0 heterocycles. The van der Waals surface area contributed by atoms with E-state index < -0.39 is 72.0 Å². The van der Waals surface area contributed by atoms with Crippen molar-refractivity contribution >= 4 is 31.2 Å². The smallest absolute Gasteiger partial charge is 0.408 e. The predicted octanol–water partition coefficient (Wildman–Crippen LogP) is 4.36. The fourth-order valence-corrected chi connectivity index (χ4v) is 5.91. The number of rotatable bonds is 14. The van der Waals surface area contributed by atoms with E-state index in [1.807, 2.05) is 0 Å². The molecule has 0 aromatic heterocycles. The fraction of sp³-hybridized carbons (Fsp3) is 0.276. The molecule has 45 heavy (non-hydrogen) atoms. The molecule has 3 aromatic rings. The van der Waals surface area contributed by atoms with Crippen molar-refractivity contribution in [3.8, 4) is 11.5 Å². The molecular formula is C29H32N3O12P. The zero-order chi connectivity index (χ0) is 33.0. The van der Waals surface area contributed by atoms with Crippen LogP contribution in [-0.4, -0.2) is 59.5 Å². The van der Waals surface area contributed by atoms with Gasteiger partial charge in [-0.3, -0.25) is 14.7 Å². The number of nitrogens with zero attached hydrogens (tertiary/aromatic N) is 1. The van der Waals surface area contributed by atoms with Gasteiger partial charge in [-0.25, -0.2) is 14.4 Å². The van der Waals surface area contributed by atoms with Gasteiger partial charge in [-0.1, -0.05) is 60.7 Å². The number of carbonyl (C=O) groups excluding carboxylic acids is 3. The molecule has 0 fully saturated rings. The van der Waals surface area contributed by atoms with E-state index in [2.05, 4.69) is 10.6 Å². The lowest BCUT2D eigenvalue weighted by Crippen LogP contribution is -2.42. The summed E-state index contributed by atoms with van der Waals surface area (Å²) < 4.78 is 33.9. The number of nitrogens with one attached hydrogen (secondary N) is 2. The van der Waals surface area contributed by atoms with Crippen molar-refractivity contribution in [2.24, 2.45) is 0 Å². The van der Waals surface area contributed by atoms with Crippen LogP contribution in [0.15, 0.2) is 72.8 Å². The molecule has 3 rings (SSSR count). The Bertz CT molecular complexity index is 1540. The number of phenolic OH excluding ortho intramolecular Hbond substituents is 1. The van der Waals surface area contributed by atoms with Gasteiger partial charge in [0.1, 0.15) is 25.0 Å². The first-order valence-corrected chi connectivity index (χ1v) is 15.3. The van der Waals surface area contributed by atoms with E-state index in [-0.39, 0.29) is 18.8 Å². The minimum atomic E-state index is -4.65. The summed E-state index contributed by atoms with van der Waals surface area (Å²) in [6.07, 6.45) is -3.30. The van der Waals surface area contributed by atoms with E-state index in [4.69, 9.17) is 18.9 Å². The van der Waals surface area contributed by atoms with Crippen molar-refractivity contribution in [1.29, 1.82) is 0 Å². The highest BCUT2D eigenvalue weighted by atomic mass is 31.2. The van der Waals surface area contributed by atoms with E-state index in [1.165, 1.54) is 0 Å². The first kappa shape index (κ1) is 34.4. The van der Waals surface area contributed by atoms with Crippen molar-refractivity contribution < 1.29 is 52.8 Å². The highest BCUT2D eigenvalue weighted by molar-refractivity contribution is 7.58. The number of hydrogen-bond acceptors (Lipinski definition) is 11. The second kappa shape index (κ2) is 16.1. The molecule has 15 nitrogen and oxygen atoms in total. The largest absolute Gasteiger partial charge is 0.500 e. The van der Waals surface area contributed by atoms with Crippen molar-refractivity contribution in [3.05, 3.63) is 99.6 Å². The second-order valence-electron chi connectivity index (χ2n) is 9.51. The van der Waals surface area contributed by atoms with Crippen LogP contribution in [0.4, 0.5) is 15.3 Å². The number of esters is 1. The standard InChI is InChI=1S/C29H32N3O12P/c1-41-24-16-21(15-23(25(24)33)32(37)38)26(31-29(36)44-18-20-11-7-4-8-12-20)45(39,40)14-13-22(27(34)42-2)30-28(35)43-17-19-9-5-3-6-10-19/h3-12,15-16,22,26,33H,13-14,17-18H2,1-2H3,(H,30,35)(H,31,36)(H,39,40). The monoisotopic (exact) mass is 645 g/mol. The number of amides is 2. The van der Waals surface area contributed by atoms with Crippen LogP contribution in [0.25, 0.3) is 0 Å². The molecule has 3 atom stereocenters. The minimum Gasteiger partial charge on any atom is -0.500 e. The van der Waals surface area contributed by atoms with E-state index in [1.54, 1.807) is 60.7 Å². The second-order valence-corrected chi connectivity index (χ2v) is 12.0.